The number of anilines is 1. The molecule has 0 amide bonds. The van der Waals surface area contributed by atoms with E-state index in [2.05, 4.69) is 23.1 Å². The van der Waals surface area contributed by atoms with Crippen LogP contribution in [0.25, 0.3) is 11.3 Å². The fourth-order valence-electron chi connectivity index (χ4n) is 4.98. The molecule has 3 N–H and O–H groups in total. The first kappa shape index (κ1) is 18.0. The van der Waals surface area contributed by atoms with Gasteiger partial charge in [0.25, 0.3) is 6.02 Å². The number of aromatic nitrogens is 1. The topological polar surface area (TPSA) is 81.8 Å². The van der Waals surface area contributed by atoms with E-state index in [0.29, 0.717) is 17.9 Å². The molecule has 0 radical (unpaired) electrons. The highest BCUT2D eigenvalue weighted by atomic mass is 32.1. The van der Waals surface area contributed by atoms with Gasteiger partial charge in [-0.15, -0.1) is 11.3 Å². The van der Waals surface area contributed by atoms with Crippen molar-refractivity contribution in [1.29, 1.82) is 0 Å². The quantitative estimate of drug-likeness (QED) is 0.780. The van der Waals surface area contributed by atoms with Crippen LogP contribution < -0.4 is 15.8 Å². The minimum Gasteiger partial charge on any atom is -0.497 e. The molecular formula is C20H25BN4O2S. The molecule has 28 heavy (non-hydrogen) atoms. The number of hydrogen-bond acceptors (Lipinski definition) is 7. The number of benzene rings is 1. The van der Waals surface area contributed by atoms with E-state index < -0.39 is 0 Å². The van der Waals surface area contributed by atoms with Crippen LogP contribution >= 0.6 is 11.3 Å². The Kier molecular flexibility index (Phi) is 4.00. The third-order valence-corrected chi connectivity index (χ3v) is 7.60. The average molecular weight is 396 g/mol. The molecule has 1 atom stereocenters. The summed E-state index contributed by atoms with van der Waals surface area (Å²) in [6.45, 7) is 0.637. The van der Waals surface area contributed by atoms with Crippen molar-refractivity contribution in [3.63, 3.8) is 0 Å². The molecule has 3 fully saturated rings. The molecule has 6 nitrogen and oxygen atoms in total. The van der Waals surface area contributed by atoms with Gasteiger partial charge in [0.15, 0.2) is 5.13 Å². The molecule has 4 aliphatic rings. The molecule has 8 heteroatoms. The van der Waals surface area contributed by atoms with Gasteiger partial charge in [0.05, 0.1) is 24.9 Å². The summed E-state index contributed by atoms with van der Waals surface area (Å²) in [5, 5.41) is 6.41. The minimum absolute atomic E-state index is 0.269. The zero-order chi connectivity index (χ0) is 19.4. The molecule has 1 aliphatic heterocycles. The second kappa shape index (κ2) is 6.22. The first-order valence-corrected chi connectivity index (χ1v) is 10.7. The number of nitrogens with zero attached hydrogens (tertiary/aromatic N) is 2. The Hall–Kier alpha value is -2.06. The Morgan fingerprint density at radius 1 is 1.21 bits per heavy atom. The number of hydrogen-bond donors (Lipinski definition) is 2. The molecule has 1 unspecified atom stereocenters. The Bertz CT molecular complexity index is 921. The summed E-state index contributed by atoms with van der Waals surface area (Å²) in [4.78, 5) is 9.35. The van der Waals surface area contributed by atoms with Crippen LogP contribution in [0, 0.1) is 0 Å². The van der Waals surface area contributed by atoms with Gasteiger partial charge in [-0.2, -0.15) is 0 Å². The van der Waals surface area contributed by atoms with Gasteiger partial charge < -0.3 is 15.2 Å². The van der Waals surface area contributed by atoms with E-state index in [1.165, 1.54) is 12.8 Å². The number of thiazole rings is 1. The number of fused-ring (bicyclic) bond motifs is 2. The Morgan fingerprint density at radius 3 is 2.68 bits per heavy atom. The van der Waals surface area contributed by atoms with Gasteiger partial charge in [0.2, 0.25) is 0 Å². The van der Waals surface area contributed by atoms with Crippen LogP contribution in [0.4, 0.5) is 5.13 Å². The highest BCUT2D eigenvalue weighted by Crippen LogP contribution is 2.60. The van der Waals surface area contributed by atoms with Gasteiger partial charge in [0, 0.05) is 10.9 Å². The van der Waals surface area contributed by atoms with Crippen LogP contribution in [0.3, 0.4) is 0 Å². The van der Waals surface area contributed by atoms with Gasteiger partial charge in [-0.1, -0.05) is 18.2 Å². The van der Waals surface area contributed by atoms with Gasteiger partial charge in [0.1, 0.15) is 19.2 Å². The zero-order valence-corrected chi connectivity index (χ0v) is 17.1. The Labute approximate surface area is 170 Å². The summed E-state index contributed by atoms with van der Waals surface area (Å²) < 4.78 is 11.6. The molecule has 1 spiro atoms. The normalized spacial score (nSPS) is 33.6. The maximum atomic E-state index is 6.81. The van der Waals surface area contributed by atoms with Crippen molar-refractivity contribution in [2.24, 2.45) is 10.7 Å². The molecule has 146 valence electrons. The zero-order valence-electron chi connectivity index (χ0n) is 16.3. The lowest BCUT2D eigenvalue weighted by molar-refractivity contribution is -0.0780. The molecule has 2 heterocycles. The summed E-state index contributed by atoms with van der Waals surface area (Å²) in [6, 6.07) is 8.45. The molecule has 3 saturated carbocycles. The second-order valence-corrected chi connectivity index (χ2v) is 9.61. The van der Waals surface area contributed by atoms with E-state index >= 15 is 0 Å². The molecule has 1 aromatic heterocycles. The SMILES string of the molecule is BC12CCC(N)(CC1)C1(CN=C(Nc3nc(-c4ccc(OC)cc4)cs3)O1)C2. The van der Waals surface area contributed by atoms with E-state index in [1.807, 2.05) is 29.6 Å². The third-order valence-electron chi connectivity index (χ3n) is 6.84. The van der Waals surface area contributed by atoms with Crippen LogP contribution in [0.2, 0.25) is 5.31 Å². The van der Waals surface area contributed by atoms with Gasteiger partial charge in [-0.05, 0) is 43.5 Å². The fourth-order valence-corrected chi connectivity index (χ4v) is 5.69. The lowest BCUT2D eigenvalue weighted by Crippen LogP contribution is -2.69. The van der Waals surface area contributed by atoms with Gasteiger partial charge in [-0.25, -0.2) is 9.98 Å². The number of nitrogens with one attached hydrogen (secondary N) is 1. The molecule has 6 rings (SSSR count). The summed E-state index contributed by atoms with van der Waals surface area (Å²) in [6.07, 6.45) is 5.40. The molecular weight excluding hydrogens is 371 g/mol. The van der Waals surface area contributed by atoms with Crippen LogP contribution in [0.15, 0.2) is 34.6 Å². The van der Waals surface area contributed by atoms with E-state index in [4.69, 9.17) is 15.2 Å². The van der Waals surface area contributed by atoms with Gasteiger partial charge in [-0.3, -0.25) is 5.32 Å². The third kappa shape index (κ3) is 2.81. The van der Waals surface area contributed by atoms with E-state index in [1.54, 1.807) is 18.4 Å². The van der Waals surface area contributed by atoms with Crippen LogP contribution in [-0.2, 0) is 4.74 Å². The summed E-state index contributed by atoms with van der Waals surface area (Å²) in [5.74, 6) is 0.836. The van der Waals surface area contributed by atoms with Crippen molar-refractivity contribution >= 4 is 30.3 Å². The van der Waals surface area contributed by atoms with Crippen molar-refractivity contribution < 1.29 is 9.47 Å². The summed E-state index contributed by atoms with van der Waals surface area (Å²) in [7, 11) is 4.03. The standard InChI is InChI=1S/C20H25BN4O2S/c1-26-14-4-2-13(3-5-14)15-10-28-17(24-15)25-16-23-12-20(27-16)11-18(21)6-8-19(20,22)9-7-18/h2-5,10H,6-9,11-12,21-22H2,1H3,(H,23,24,25). The highest BCUT2D eigenvalue weighted by molar-refractivity contribution is 7.14. The fraction of sp³-hybridized carbons (Fsp3) is 0.500. The molecule has 1 aromatic carbocycles. The summed E-state index contributed by atoms with van der Waals surface area (Å²) >= 11 is 1.54. The first-order valence-electron chi connectivity index (χ1n) is 9.82. The van der Waals surface area contributed by atoms with Crippen molar-refractivity contribution in [1.82, 2.24) is 4.98 Å². The molecule has 2 bridgehead atoms. The van der Waals surface area contributed by atoms with E-state index in [-0.39, 0.29) is 11.1 Å². The smallest absolute Gasteiger partial charge is 0.291 e. The van der Waals surface area contributed by atoms with E-state index in [9.17, 15) is 0 Å². The second-order valence-electron chi connectivity index (χ2n) is 8.75. The number of rotatable bonds is 3. The maximum absolute atomic E-state index is 6.81. The number of methoxy groups -OCH3 is 1. The van der Waals surface area contributed by atoms with Gasteiger partial charge >= 0.3 is 0 Å². The predicted molar refractivity (Wildman–Crippen MR) is 115 cm³/mol. The van der Waals surface area contributed by atoms with Crippen molar-refractivity contribution in [2.75, 3.05) is 19.0 Å². The average Bonchev–Trinajstić information content (AvgIpc) is 3.32. The van der Waals surface area contributed by atoms with E-state index in [0.717, 1.165) is 41.4 Å². The summed E-state index contributed by atoms with van der Waals surface area (Å²) in [5.41, 5.74) is 8.14. The Morgan fingerprint density at radius 2 is 1.96 bits per heavy atom. The Balaban J connectivity index is 1.30. The van der Waals surface area contributed by atoms with Crippen LogP contribution in [0.5, 0.6) is 5.75 Å². The molecule has 2 aromatic rings. The first-order chi connectivity index (χ1) is 13.4. The maximum Gasteiger partial charge on any atom is 0.291 e. The molecule has 3 aliphatic carbocycles. The van der Waals surface area contributed by atoms with Crippen molar-refractivity contribution in [3.8, 4) is 17.0 Å². The largest absolute Gasteiger partial charge is 0.497 e. The number of aliphatic imine (C=N–C) groups is 1. The van der Waals surface area contributed by atoms with Crippen molar-refractivity contribution in [3.05, 3.63) is 29.6 Å². The number of ether oxygens (including phenoxy) is 2. The highest BCUT2D eigenvalue weighted by Gasteiger charge is 2.63. The minimum atomic E-state index is -0.364. The van der Waals surface area contributed by atoms with Crippen LogP contribution in [0.1, 0.15) is 32.1 Å². The van der Waals surface area contributed by atoms with Crippen molar-refractivity contribution in [2.45, 2.75) is 48.6 Å². The molecule has 0 saturated heterocycles. The number of nitrogens with two attached hydrogens (primary N) is 1. The number of amidine groups is 1. The monoisotopic (exact) mass is 396 g/mol. The predicted octanol–water partition coefficient (Wildman–Crippen LogP) is 2.82. The lowest BCUT2D eigenvalue weighted by Gasteiger charge is -2.59. The lowest BCUT2D eigenvalue weighted by atomic mass is 9.44. The van der Waals surface area contributed by atoms with Crippen LogP contribution in [-0.4, -0.2) is 43.6 Å².